The molecule has 0 saturated heterocycles. The Morgan fingerprint density at radius 1 is 1.38 bits per heavy atom. The van der Waals surface area contributed by atoms with E-state index in [2.05, 4.69) is 18.5 Å². The fraction of sp³-hybridized carbons (Fsp3) is 0.154. The Morgan fingerprint density at radius 3 is 2.62 bits per heavy atom. The number of hydrogen-bond acceptors (Lipinski definition) is 3. The smallest absolute Gasteiger partial charge is 0.333 e. The summed E-state index contributed by atoms with van der Waals surface area (Å²) in [5.41, 5.74) is 1.06. The van der Waals surface area contributed by atoms with Gasteiger partial charge in [-0.3, -0.25) is 0 Å². The molecular weight excluding hydrogens is 202 g/mol. The molecule has 0 aliphatic rings. The Kier molecular flexibility index (Phi) is 4.86. The molecule has 0 aliphatic carbocycles. The molecule has 0 saturated carbocycles. The second-order valence-corrected chi connectivity index (χ2v) is 3.22. The first kappa shape index (κ1) is 12.0. The highest BCUT2D eigenvalue weighted by Gasteiger charge is 2.17. The molecule has 0 fully saturated rings. The highest BCUT2D eigenvalue weighted by atomic mass is 16.5. The molecule has 1 atom stereocenters. The van der Waals surface area contributed by atoms with Crippen LogP contribution in [0, 0.1) is 0 Å². The van der Waals surface area contributed by atoms with Gasteiger partial charge in [0.2, 0.25) is 0 Å². The first-order valence-electron chi connectivity index (χ1n) is 5.00. The molecule has 3 nitrogen and oxygen atoms in total. The topological polar surface area (TPSA) is 38.3 Å². The van der Waals surface area contributed by atoms with Gasteiger partial charge in [-0.15, -0.1) is 0 Å². The number of esters is 1. The summed E-state index contributed by atoms with van der Waals surface area (Å²) in [4.78, 5) is 11.5. The van der Waals surface area contributed by atoms with E-state index < -0.39 is 6.04 Å². The van der Waals surface area contributed by atoms with E-state index in [0.717, 1.165) is 11.8 Å². The minimum atomic E-state index is -0.433. The van der Waals surface area contributed by atoms with Crippen molar-refractivity contribution in [1.82, 2.24) is 5.32 Å². The zero-order chi connectivity index (χ0) is 11.8. The summed E-state index contributed by atoms with van der Waals surface area (Å²) in [6.07, 6.45) is 3.17. The number of hydrogen-bond donors (Lipinski definition) is 1. The normalized spacial score (nSPS) is 11.2. The Hall–Kier alpha value is -2.03. The lowest BCUT2D eigenvalue weighted by Crippen LogP contribution is -2.35. The summed E-state index contributed by atoms with van der Waals surface area (Å²) in [6, 6.07) is 9.27. The highest BCUT2D eigenvalue weighted by molar-refractivity contribution is 5.76. The molecule has 3 heteroatoms. The van der Waals surface area contributed by atoms with Crippen molar-refractivity contribution in [2.24, 2.45) is 0 Å². The predicted molar refractivity (Wildman–Crippen MR) is 63.6 cm³/mol. The largest absolute Gasteiger partial charge is 0.434 e. The van der Waals surface area contributed by atoms with E-state index in [-0.39, 0.29) is 5.97 Å². The fourth-order valence-electron chi connectivity index (χ4n) is 1.37. The van der Waals surface area contributed by atoms with Crippen LogP contribution < -0.4 is 5.32 Å². The van der Waals surface area contributed by atoms with Crippen LogP contribution >= 0.6 is 0 Å². The van der Waals surface area contributed by atoms with Crippen molar-refractivity contribution in [2.45, 2.75) is 12.5 Å². The fourth-order valence-corrected chi connectivity index (χ4v) is 1.37. The molecule has 0 bridgehead atoms. The van der Waals surface area contributed by atoms with Crippen molar-refractivity contribution < 1.29 is 9.53 Å². The first-order chi connectivity index (χ1) is 7.77. The summed E-state index contributed by atoms with van der Waals surface area (Å²) in [5, 5.41) is 2.86. The SMILES string of the molecule is C=CN[C@@H](Cc1ccccc1)C(=O)OC=C. The van der Waals surface area contributed by atoms with Gasteiger partial charge in [0, 0.05) is 6.42 Å². The number of nitrogens with one attached hydrogen (secondary N) is 1. The van der Waals surface area contributed by atoms with E-state index in [4.69, 9.17) is 4.74 Å². The monoisotopic (exact) mass is 217 g/mol. The van der Waals surface area contributed by atoms with Crippen LogP contribution in [0.1, 0.15) is 5.56 Å². The van der Waals surface area contributed by atoms with Gasteiger partial charge < -0.3 is 10.1 Å². The molecule has 0 unspecified atom stereocenters. The summed E-state index contributed by atoms with van der Waals surface area (Å²) >= 11 is 0. The Morgan fingerprint density at radius 2 is 2.06 bits per heavy atom. The molecular formula is C13H15NO2. The van der Waals surface area contributed by atoms with Crippen LogP contribution in [-0.2, 0) is 16.0 Å². The van der Waals surface area contributed by atoms with E-state index in [9.17, 15) is 4.79 Å². The van der Waals surface area contributed by atoms with Gasteiger partial charge >= 0.3 is 5.97 Å². The third-order valence-corrected chi connectivity index (χ3v) is 2.09. The molecule has 1 rings (SSSR count). The third kappa shape index (κ3) is 3.61. The minimum absolute atomic E-state index is 0.362. The van der Waals surface area contributed by atoms with Gasteiger partial charge in [-0.05, 0) is 11.8 Å². The van der Waals surface area contributed by atoms with Crippen molar-refractivity contribution in [3.8, 4) is 0 Å². The van der Waals surface area contributed by atoms with Gasteiger partial charge in [0.05, 0.1) is 6.26 Å². The van der Waals surface area contributed by atoms with Crippen LogP contribution in [0.4, 0.5) is 0 Å². The van der Waals surface area contributed by atoms with E-state index in [1.54, 1.807) is 0 Å². The zero-order valence-electron chi connectivity index (χ0n) is 9.06. The molecule has 0 spiro atoms. The molecule has 0 aliphatic heterocycles. The lowest BCUT2D eigenvalue weighted by Gasteiger charge is -2.14. The number of ether oxygens (including phenoxy) is 1. The van der Waals surface area contributed by atoms with E-state index in [1.807, 2.05) is 30.3 Å². The maximum atomic E-state index is 11.5. The molecule has 84 valence electrons. The maximum absolute atomic E-state index is 11.5. The van der Waals surface area contributed by atoms with Crippen LogP contribution in [0.15, 0.2) is 56.0 Å². The standard InChI is InChI=1S/C13H15NO2/c1-3-14-12(13(15)16-4-2)10-11-8-6-5-7-9-11/h3-9,12,14H,1-2,10H2/t12-/m0/s1. The van der Waals surface area contributed by atoms with Gasteiger partial charge in [0.1, 0.15) is 6.04 Å². The van der Waals surface area contributed by atoms with Gasteiger partial charge in [-0.25, -0.2) is 4.79 Å². The van der Waals surface area contributed by atoms with Gasteiger partial charge in [0.25, 0.3) is 0 Å². The molecule has 16 heavy (non-hydrogen) atoms. The molecule has 0 amide bonds. The van der Waals surface area contributed by atoms with Crippen LogP contribution in [0.5, 0.6) is 0 Å². The second kappa shape index (κ2) is 6.45. The van der Waals surface area contributed by atoms with Gasteiger partial charge in [-0.1, -0.05) is 43.5 Å². The van der Waals surface area contributed by atoms with Crippen LogP contribution in [0.25, 0.3) is 0 Å². The summed E-state index contributed by atoms with van der Waals surface area (Å²) in [5.74, 6) is -0.362. The molecule has 1 N–H and O–H groups in total. The Labute approximate surface area is 95.4 Å². The summed E-state index contributed by atoms with van der Waals surface area (Å²) in [7, 11) is 0. The summed E-state index contributed by atoms with van der Waals surface area (Å²) in [6.45, 7) is 6.89. The molecule has 1 aromatic carbocycles. The molecule has 0 aromatic heterocycles. The average Bonchev–Trinajstić information content (AvgIpc) is 2.30. The van der Waals surface area contributed by atoms with E-state index >= 15 is 0 Å². The lowest BCUT2D eigenvalue weighted by atomic mass is 10.1. The van der Waals surface area contributed by atoms with E-state index in [0.29, 0.717) is 6.42 Å². The molecule has 1 aromatic rings. The quantitative estimate of drug-likeness (QED) is 0.585. The van der Waals surface area contributed by atoms with Gasteiger partial charge in [0.15, 0.2) is 0 Å². The number of rotatable bonds is 6. The van der Waals surface area contributed by atoms with E-state index in [1.165, 1.54) is 6.20 Å². The summed E-state index contributed by atoms with van der Waals surface area (Å²) < 4.78 is 4.74. The van der Waals surface area contributed by atoms with Crippen LogP contribution in [0.2, 0.25) is 0 Å². The Bertz CT molecular complexity index is 359. The van der Waals surface area contributed by atoms with Crippen molar-refractivity contribution >= 4 is 5.97 Å². The zero-order valence-corrected chi connectivity index (χ0v) is 9.06. The number of benzene rings is 1. The average molecular weight is 217 g/mol. The van der Waals surface area contributed by atoms with Crippen molar-refractivity contribution in [2.75, 3.05) is 0 Å². The van der Waals surface area contributed by atoms with Gasteiger partial charge in [-0.2, -0.15) is 0 Å². The van der Waals surface area contributed by atoms with Crippen LogP contribution in [-0.4, -0.2) is 12.0 Å². The Balaban J connectivity index is 2.67. The lowest BCUT2D eigenvalue weighted by molar-refractivity contribution is -0.140. The highest BCUT2D eigenvalue weighted by Crippen LogP contribution is 2.04. The predicted octanol–water partition coefficient (Wildman–Crippen LogP) is 2.02. The van der Waals surface area contributed by atoms with Crippen molar-refractivity contribution in [1.29, 1.82) is 0 Å². The van der Waals surface area contributed by atoms with Crippen molar-refractivity contribution in [3.63, 3.8) is 0 Å². The third-order valence-electron chi connectivity index (χ3n) is 2.09. The molecule has 0 heterocycles. The second-order valence-electron chi connectivity index (χ2n) is 3.22. The van der Waals surface area contributed by atoms with Crippen molar-refractivity contribution in [3.05, 3.63) is 61.5 Å². The maximum Gasteiger partial charge on any atom is 0.333 e. The minimum Gasteiger partial charge on any atom is -0.434 e. The van der Waals surface area contributed by atoms with Crippen LogP contribution in [0.3, 0.4) is 0 Å². The number of carbonyl (C=O) groups is 1. The number of carbonyl (C=O) groups excluding carboxylic acids is 1. The first-order valence-corrected chi connectivity index (χ1v) is 5.00. The molecule has 0 radical (unpaired) electrons.